The van der Waals surface area contributed by atoms with E-state index in [1.807, 2.05) is 36.4 Å². The van der Waals surface area contributed by atoms with Gasteiger partial charge in [-0.25, -0.2) is 15.0 Å². The first kappa shape index (κ1) is 21.2. The number of aromatic amines is 1. The second kappa shape index (κ2) is 9.12. The Bertz CT molecular complexity index is 1480. The van der Waals surface area contributed by atoms with Crippen LogP contribution in [0, 0.1) is 0 Å². The lowest BCUT2D eigenvalue weighted by molar-refractivity contribution is 0.530. The highest BCUT2D eigenvalue weighted by Crippen LogP contribution is 2.31. The fourth-order valence-corrected chi connectivity index (χ4v) is 4.65. The smallest absolute Gasteiger partial charge is 0.181 e. The molecule has 1 atom stereocenters. The summed E-state index contributed by atoms with van der Waals surface area (Å²) in [6, 6.07) is 27.2. The molecule has 2 heterocycles. The predicted octanol–water partition coefficient (Wildman–Crippen LogP) is 4.96. The average Bonchev–Trinajstić information content (AvgIpc) is 3.56. The highest BCUT2D eigenvalue weighted by atomic mass is 15.2. The number of anilines is 1. The van der Waals surface area contributed by atoms with Crippen molar-refractivity contribution in [1.82, 2.24) is 30.5 Å². The van der Waals surface area contributed by atoms with Crippen molar-refractivity contribution in [2.24, 2.45) is 0 Å². The molecule has 3 aromatic carbocycles. The zero-order chi connectivity index (χ0) is 23.6. The van der Waals surface area contributed by atoms with Gasteiger partial charge < -0.3 is 11.1 Å². The minimum Gasteiger partial charge on any atom is -0.382 e. The Hall–Kier alpha value is -4.36. The molecule has 0 amide bonds. The molecule has 4 N–H and O–H groups in total. The Balaban J connectivity index is 1.23. The first-order valence-electron chi connectivity index (χ1n) is 11.8. The summed E-state index contributed by atoms with van der Waals surface area (Å²) in [7, 11) is 0. The third-order valence-electron chi connectivity index (χ3n) is 6.45. The molecule has 172 valence electrons. The predicted molar refractivity (Wildman–Crippen MR) is 137 cm³/mol. The van der Waals surface area contributed by atoms with E-state index >= 15 is 0 Å². The number of H-pyrrole nitrogens is 1. The normalized spacial score (nSPS) is 14.7. The van der Waals surface area contributed by atoms with E-state index in [0.717, 1.165) is 36.2 Å². The van der Waals surface area contributed by atoms with Gasteiger partial charge in [0.1, 0.15) is 5.69 Å². The van der Waals surface area contributed by atoms with E-state index < -0.39 is 0 Å². The molecule has 1 aliphatic carbocycles. The topological polar surface area (TPSA) is 105 Å². The minimum absolute atomic E-state index is 0.308. The number of nitrogens with zero attached hydrogens (tertiary/aromatic N) is 4. The van der Waals surface area contributed by atoms with Gasteiger partial charge in [-0.15, -0.1) is 0 Å². The van der Waals surface area contributed by atoms with Gasteiger partial charge in [0, 0.05) is 23.7 Å². The van der Waals surface area contributed by atoms with Gasteiger partial charge in [0.25, 0.3) is 0 Å². The maximum Gasteiger partial charge on any atom is 0.181 e. The molecule has 6 rings (SSSR count). The van der Waals surface area contributed by atoms with Crippen LogP contribution in [-0.2, 0) is 13.0 Å². The highest BCUT2D eigenvalue weighted by molar-refractivity contribution is 5.70. The Kier molecular flexibility index (Phi) is 5.52. The lowest BCUT2D eigenvalue weighted by Crippen LogP contribution is -2.18. The third kappa shape index (κ3) is 4.29. The van der Waals surface area contributed by atoms with Crippen LogP contribution in [-0.4, -0.2) is 25.1 Å². The van der Waals surface area contributed by atoms with Crippen LogP contribution < -0.4 is 11.1 Å². The number of hydrogen-bond donors (Lipinski definition) is 3. The number of aromatic nitrogens is 5. The number of rotatable bonds is 6. The fourth-order valence-electron chi connectivity index (χ4n) is 4.65. The van der Waals surface area contributed by atoms with Crippen molar-refractivity contribution in [2.45, 2.75) is 25.4 Å². The van der Waals surface area contributed by atoms with E-state index in [9.17, 15) is 0 Å². The maximum absolute atomic E-state index is 6.16. The number of nitrogens with one attached hydrogen (secondary N) is 2. The van der Waals surface area contributed by atoms with Crippen molar-refractivity contribution >= 4 is 5.82 Å². The first-order chi connectivity index (χ1) is 17.2. The van der Waals surface area contributed by atoms with Crippen LogP contribution in [0.4, 0.5) is 5.82 Å². The van der Waals surface area contributed by atoms with Gasteiger partial charge in [-0.1, -0.05) is 72.8 Å². The van der Waals surface area contributed by atoms with Gasteiger partial charge in [0.15, 0.2) is 17.5 Å². The summed E-state index contributed by atoms with van der Waals surface area (Å²) < 4.78 is 0. The number of nitrogen functional groups attached to an aromatic ring is 1. The van der Waals surface area contributed by atoms with Crippen LogP contribution in [0.15, 0.2) is 85.1 Å². The lowest BCUT2D eigenvalue weighted by Gasteiger charge is -2.14. The second-order valence-corrected chi connectivity index (χ2v) is 8.73. The molecule has 0 aliphatic heterocycles. The zero-order valence-electron chi connectivity index (χ0n) is 19.1. The molecule has 7 nitrogen and oxygen atoms in total. The quantitative estimate of drug-likeness (QED) is 0.332. The maximum atomic E-state index is 6.16. The number of nitrogens with two attached hydrogens (primary N) is 1. The van der Waals surface area contributed by atoms with Crippen molar-refractivity contribution in [3.05, 3.63) is 102 Å². The van der Waals surface area contributed by atoms with Crippen LogP contribution >= 0.6 is 0 Å². The van der Waals surface area contributed by atoms with E-state index in [2.05, 4.69) is 67.9 Å². The Morgan fingerprint density at radius 1 is 0.914 bits per heavy atom. The van der Waals surface area contributed by atoms with Crippen molar-refractivity contribution in [2.75, 3.05) is 5.73 Å². The fraction of sp³-hybridized carbons (Fsp3) is 0.143. The van der Waals surface area contributed by atoms with Gasteiger partial charge in [0.05, 0.1) is 11.9 Å². The summed E-state index contributed by atoms with van der Waals surface area (Å²) >= 11 is 0. The summed E-state index contributed by atoms with van der Waals surface area (Å²) in [4.78, 5) is 13.8. The number of fused-ring (bicyclic) bond motifs is 1. The molecule has 0 unspecified atom stereocenters. The lowest BCUT2D eigenvalue weighted by atomic mass is 10.1. The number of hydrogen-bond acceptors (Lipinski definition) is 6. The highest BCUT2D eigenvalue weighted by Gasteiger charge is 2.21. The van der Waals surface area contributed by atoms with Gasteiger partial charge in [0.2, 0.25) is 0 Å². The van der Waals surface area contributed by atoms with Crippen molar-refractivity contribution in [3.63, 3.8) is 0 Å². The van der Waals surface area contributed by atoms with Crippen LogP contribution in [0.3, 0.4) is 0 Å². The molecule has 1 aliphatic rings. The Morgan fingerprint density at radius 2 is 1.74 bits per heavy atom. The second-order valence-electron chi connectivity index (χ2n) is 8.73. The molecule has 0 fully saturated rings. The van der Waals surface area contributed by atoms with Crippen molar-refractivity contribution in [1.29, 1.82) is 0 Å². The monoisotopic (exact) mass is 459 g/mol. The van der Waals surface area contributed by atoms with E-state index in [0.29, 0.717) is 29.2 Å². The summed E-state index contributed by atoms with van der Waals surface area (Å²) in [5.74, 6) is 1.39. The van der Waals surface area contributed by atoms with E-state index in [-0.39, 0.29) is 0 Å². The van der Waals surface area contributed by atoms with Gasteiger partial charge in [-0.3, -0.25) is 5.10 Å². The minimum atomic E-state index is 0.308. The molecular formula is C28H25N7. The SMILES string of the molecule is Nc1ncc(-c2cccc(CN[C@H]3CCc4ccccc43)c2)nc1-c1nc(-c2ccccc2)n[nH]1. The Labute approximate surface area is 203 Å². The molecule has 0 saturated carbocycles. The molecular weight excluding hydrogens is 434 g/mol. The molecule has 0 bridgehead atoms. The Morgan fingerprint density at radius 3 is 2.66 bits per heavy atom. The average molecular weight is 460 g/mol. The van der Waals surface area contributed by atoms with Crippen LogP contribution in [0.1, 0.15) is 29.2 Å². The summed E-state index contributed by atoms with van der Waals surface area (Å²) in [6.07, 6.45) is 3.96. The summed E-state index contributed by atoms with van der Waals surface area (Å²) in [5, 5.41) is 11.0. The molecule has 2 aromatic heterocycles. The van der Waals surface area contributed by atoms with Gasteiger partial charge >= 0.3 is 0 Å². The molecule has 7 heteroatoms. The summed E-state index contributed by atoms with van der Waals surface area (Å²) in [5.41, 5.74) is 13.3. The van der Waals surface area contributed by atoms with Crippen molar-refractivity contribution < 1.29 is 0 Å². The molecule has 0 radical (unpaired) electrons. The van der Waals surface area contributed by atoms with E-state index in [4.69, 9.17) is 10.7 Å². The number of aryl methyl sites for hydroxylation is 1. The zero-order valence-corrected chi connectivity index (χ0v) is 19.1. The largest absolute Gasteiger partial charge is 0.382 e. The van der Waals surface area contributed by atoms with Crippen molar-refractivity contribution in [3.8, 4) is 34.2 Å². The van der Waals surface area contributed by atoms with Crippen LogP contribution in [0.2, 0.25) is 0 Å². The van der Waals surface area contributed by atoms with Crippen LogP contribution in [0.5, 0.6) is 0 Å². The van der Waals surface area contributed by atoms with Gasteiger partial charge in [-0.2, -0.15) is 5.10 Å². The molecule has 0 spiro atoms. The number of benzene rings is 3. The summed E-state index contributed by atoms with van der Waals surface area (Å²) in [6.45, 7) is 0.782. The molecule has 35 heavy (non-hydrogen) atoms. The molecule has 0 saturated heterocycles. The first-order valence-corrected chi connectivity index (χ1v) is 11.8. The van der Waals surface area contributed by atoms with E-state index in [1.165, 1.54) is 16.7 Å². The third-order valence-corrected chi connectivity index (χ3v) is 6.45. The van der Waals surface area contributed by atoms with Crippen LogP contribution in [0.25, 0.3) is 34.2 Å². The molecule has 5 aromatic rings. The van der Waals surface area contributed by atoms with Gasteiger partial charge in [-0.05, 0) is 35.6 Å². The van der Waals surface area contributed by atoms with E-state index in [1.54, 1.807) is 6.20 Å². The standard InChI is InChI=1S/C28H25N7/c29-26-25(28-33-27(34-35-28)20-9-2-1-3-10-20)32-24(17-31-26)21-11-6-7-18(15-21)16-30-23-14-13-19-8-4-5-12-22(19)23/h1-12,15,17,23,30H,13-14,16H2,(H2,29,31)(H,33,34,35)/t23-/m0/s1.